The van der Waals surface area contributed by atoms with Gasteiger partial charge in [-0.3, -0.25) is 4.98 Å². The fraction of sp³-hybridized carbons (Fsp3) is 0.615. The van der Waals surface area contributed by atoms with Crippen molar-refractivity contribution in [2.24, 2.45) is 11.1 Å². The Morgan fingerprint density at radius 2 is 2.06 bits per heavy atom. The van der Waals surface area contributed by atoms with Gasteiger partial charge in [-0.15, -0.1) is 0 Å². The van der Waals surface area contributed by atoms with Gasteiger partial charge in [0.15, 0.2) is 0 Å². The van der Waals surface area contributed by atoms with Crippen molar-refractivity contribution in [3.63, 3.8) is 0 Å². The normalized spacial score (nSPS) is 15.8. The quantitative estimate of drug-likeness (QED) is 0.847. The number of aromatic nitrogens is 1. The molecule has 0 saturated carbocycles. The number of methoxy groups -OCH3 is 1. The van der Waals surface area contributed by atoms with Crippen LogP contribution in [0.5, 0.6) is 0 Å². The molecule has 16 heavy (non-hydrogen) atoms. The summed E-state index contributed by atoms with van der Waals surface area (Å²) in [6.45, 7) is 6.42. The Labute approximate surface area is 98.0 Å². The lowest BCUT2D eigenvalue weighted by Crippen LogP contribution is -2.46. The van der Waals surface area contributed by atoms with E-state index in [0.717, 1.165) is 12.1 Å². The molecule has 1 heterocycles. The third-order valence-electron chi connectivity index (χ3n) is 2.67. The molecule has 0 amide bonds. The first-order chi connectivity index (χ1) is 7.45. The summed E-state index contributed by atoms with van der Waals surface area (Å²) in [7, 11) is 1.72. The molecule has 3 heteroatoms. The molecule has 0 aliphatic rings. The fourth-order valence-electron chi connectivity index (χ4n) is 2.04. The molecule has 1 rings (SSSR count). The van der Waals surface area contributed by atoms with Crippen molar-refractivity contribution >= 4 is 0 Å². The molecule has 1 aromatic rings. The Kier molecular flexibility index (Phi) is 4.44. The summed E-state index contributed by atoms with van der Waals surface area (Å²) in [5.74, 6) is 0. The van der Waals surface area contributed by atoms with E-state index in [-0.39, 0.29) is 17.6 Å². The highest BCUT2D eigenvalue weighted by molar-refractivity contribution is 5.06. The maximum Gasteiger partial charge on any atom is 0.0774 e. The first kappa shape index (κ1) is 13.1. The Bertz CT molecular complexity index is 305. The molecule has 2 N–H and O–H groups in total. The molecule has 0 spiro atoms. The van der Waals surface area contributed by atoms with Gasteiger partial charge in [0.2, 0.25) is 0 Å². The maximum absolute atomic E-state index is 6.18. The molecule has 2 atom stereocenters. The predicted molar refractivity (Wildman–Crippen MR) is 66.2 cm³/mol. The SMILES string of the molecule is COC(C(N)Cc1ccccn1)C(C)(C)C. The van der Waals surface area contributed by atoms with Gasteiger partial charge in [-0.25, -0.2) is 0 Å². The van der Waals surface area contributed by atoms with Crippen molar-refractivity contribution in [2.45, 2.75) is 39.3 Å². The summed E-state index contributed by atoms with van der Waals surface area (Å²) in [4.78, 5) is 4.28. The van der Waals surface area contributed by atoms with Crippen LogP contribution in [0.3, 0.4) is 0 Å². The minimum atomic E-state index is -0.0279. The van der Waals surface area contributed by atoms with Crippen LogP contribution in [0, 0.1) is 5.41 Å². The van der Waals surface area contributed by atoms with Crippen LogP contribution in [0.2, 0.25) is 0 Å². The topological polar surface area (TPSA) is 48.1 Å². The van der Waals surface area contributed by atoms with E-state index in [2.05, 4.69) is 25.8 Å². The van der Waals surface area contributed by atoms with Gasteiger partial charge in [0.25, 0.3) is 0 Å². The molecule has 0 aliphatic heterocycles. The third-order valence-corrected chi connectivity index (χ3v) is 2.67. The molecule has 0 fully saturated rings. The molecule has 0 radical (unpaired) electrons. The van der Waals surface area contributed by atoms with Gasteiger partial charge >= 0.3 is 0 Å². The monoisotopic (exact) mass is 222 g/mol. The van der Waals surface area contributed by atoms with Crippen molar-refractivity contribution in [2.75, 3.05) is 7.11 Å². The van der Waals surface area contributed by atoms with Crippen LogP contribution in [-0.4, -0.2) is 24.2 Å². The van der Waals surface area contributed by atoms with Crippen LogP contribution in [0.1, 0.15) is 26.5 Å². The number of nitrogens with two attached hydrogens (primary N) is 1. The van der Waals surface area contributed by atoms with Gasteiger partial charge in [-0.05, 0) is 17.5 Å². The van der Waals surface area contributed by atoms with Gasteiger partial charge in [0, 0.05) is 31.5 Å². The summed E-state index contributed by atoms with van der Waals surface area (Å²) in [5.41, 5.74) is 7.24. The zero-order valence-electron chi connectivity index (χ0n) is 10.6. The second kappa shape index (κ2) is 5.41. The van der Waals surface area contributed by atoms with E-state index in [1.807, 2.05) is 18.2 Å². The Morgan fingerprint density at radius 3 is 2.50 bits per heavy atom. The van der Waals surface area contributed by atoms with E-state index in [4.69, 9.17) is 10.5 Å². The Hall–Kier alpha value is -0.930. The molecule has 0 aliphatic carbocycles. The van der Waals surface area contributed by atoms with Crippen LogP contribution in [0.25, 0.3) is 0 Å². The second-order valence-electron chi connectivity index (χ2n) is 5.21. The molecule has 90 valence electrons. The van der Waals surface area contributed by atoms with Crippen molar-refractivity contribution < 1.29 is 4.74 Å². The molecular formula is C13H22N2O. The highest BCUT2D eigenvalue weighted by Gasteiger charge is 2.30. The van der Waals surface area contributed by atoms with Gasteiger partial charge in [-0.1, -0.05) is 26.8 Å². The van der Waals surface area contributed by atoms with Crippen LogP contribution in [0.15, 0.2) is 24.4 Å². The highest BCUT2D eigenvalue weighted by Crippen LogP contribution is 2.24. The molecular weight excluding hydrogens is 200 g/mol. The first-order valence-corrected chi connectivity index (χ1v) is 5.63. The summed E-state index contributed by atoms with van der Waals surface area (Å²) in [5, 5.41) is 0. The number of hydrogen-bond donors (Lipinski definition) is 1. The van der Waals surface area contributed by atoms with Gasteiger partial charge in [0.05, 0.1) is 6.10 Å². The third kappa shape index (κ3) is 3.58. The molecule has 2 unspecified atom stereocenters. The highest BCUT2D eigenvalue weighted by atomic mass is 16.5. The minimum Gasteiger partial charge on any atom is -0.379 e. The van der Waals surface area contributed by atoms with Crippen molar-refractivity contribution in [1.82, 2.24) is 4.98 Å². The van der Waals surface area contributed by atoms with E-state index >= 15 is 0 Å². The van der Waals surface area contributed by atoms with E-state index in [1.54, 1.807) is 13.3 Å². The van der Waals surface area contributed by atoms with E-state index in [0.29, 0.717) is 0 Å². The van der Waals surface area contributed by atoms with Crippen LogP contribution in [0.4, 0.5) is 0 Å². The lowest BCUT2D eigenvalue weighted by atomic mass is 9.83. The molecule has 0 saturated heterocycles. The van der Waals surface area contributed by atoms with Crippen LogP contribution >= 0.6 is 0 Å². The van der Waals surface area contributed by atoms with E-state index < -0.39 is 0 Å². The molecule has 3 nitrogen and oxygen atoms in total. The first-order valence-electron chi connectivity index (χ1n) is 5.63. The fourth-order valence-corrected chi connectivity index (χ4v) is 2.04. The lowest BCUT2D eigenvalue weighted by molar-refractivity contribution is -0.00184. The minimum absolute atomic E-state index is 0.0279. The summed E-state index contributed by atoms with van der Waals surface area (Å²) in [6, 6.07) is 5.86. The Morgan fingerprint density at radius 1 is 1.38 bits per heavy atom. The van der Waals surface area contributed by atoms with Gasteiger partial charge in [-0.2, -0.15) is 0 Å². The van der Waals surface area contributed by atoms with Crippen molar-refractivity contribution in [3.8, 4) is 0 Å². The molecule has 1 aromatic heterocycles. The number of nitrogens with zero attached hydrogens (tertiary/aromatic N) is 1. The summed E-state index contributed by atoms with van der Waals surface area (Å²) >= 11 is 0. The number of hydrogen-bond acceptors (Lipinski definition) is 3. The van der Waals surface area contributed by atoms with Crippen LogP contribution < -0.4 is 5.73 Å². The standard InChI is InChI=1S/C13H22N2O/c1-13(2,3)12(16-4)11(14)9-10-7-5-6-8-15-10/h5-8,11-12H,9,14H2,1-4H3. The van der Waals surface area contributed by atoms with Crippen molar-refractivity contribution in [3.05, 3.63) is 30.1 Å². The largest absolute Gasteiger partial charge is 0.379 e. The van der Waals surface area contributed by atoms with Gasteiger partial charge in [0.1, 0.15) is 0 Å². The van der Waals surface area contributed by atoms with Gasteiger partial charge < -0.3 is 10.5 Å². The van der Waals surface area contributed by atoms with E-state index in [9.17, 15) is 0 Å². The van der Waals surface area contributed by atoms with Crippen LogP contribution in [-0.2, 0) is 11.2 Å². The van der Waals surface area contributed by atoms with Crippen molar-refractivity contribution in [1.29, 1.82) is 0 Å². The summed E-state index contributed by atoms with van der Waals surface area (Å²) in [6.07, 6.45) is 2.58. The zero-order valence-corrected chi connectivity index (χ0v) is 10.6. The summed E-state index contributed by atoms with van der Waals surface area (Å²) < 4.78 is 5.50. The van der Waals surface area contributed by atoms with E-state index in [1.165, 1.54) is 0 Å². The Balaban J connectivity index is 2.67. The maximum atomic E-state index is 6.18. The zero-order chi connectivity index (χ0) is 12.2. The second-order valence-corrected chi connectivity index (χ2v) is 5.21. The molecule has 0 bridgehead atoms. The lowest BCUT2D eigenvalue weighted by Gasteiger charge is -2.33. The number of pyridine rings is 1. The molecule has 0 aromatic carbocycles. The average molecular weight is 222 g/mol. The predicted octanol–water partition coefficient (Wildman–Crippen LogP) is 2.01. The average Bonchev–Trinajstić information content (AvgIpc) is 2.17. The number of ether oxygens (including phenoxy) is 1. The smallest absolute Gasteiger partial charge is 0.0774 e. The number of rotatable bonds is 4.